The van der Waals surface area contributed by atoms with Crippen LogP contribution in [-0.4, -0.2) is 134 Å². The number of hydrogen-bond donors (Lipinski definition) is 8. The van der Waals surface area contributed by atoms with Gasteiger partial charge in [0.25, 0.3) is 0 Å². The van der Waals surface area contributed by atoms with Crippen molar-refractivity contribution in [3.05, 3.63) is 191 Å². The van der Waals surface area contributed by atoms with E-state index < -0.39 is 186 Å². The summed E-state index contributed by atoms with van der Waals surface area (Å²) in [6.45, 7) is 0. The number of aliphatic hydroxyl groups is 8. The smallest absolute Gasteiger partial charge is 0.546 e. The van der Waals surface area contributed by atoms with Crippen LogP contribution in [0.25, 0.3) is 0 Å². The molecule has 4 aromatic rings. The quantitative estimate of drug-likeness (QED) is 0.0482. The van der Waals surface area contributed by atoms with Crippen LogP contribution in [0.2, 0.25) is 0 Å². The van der Waals surface area contributed by atoms with Gasteiger partial charge in [0, 0.05) is 24.3 Å². The van der Waals surface area contributed by atoms with Crippen LogP contribution in [0.3, 0.4) is 0 Å². The fourth-order valence-electron chi connectivity index (χ4n) is 9.51. The van der Waals surface area contributed by atoms with Crippen molar-refractivity contribution < 1.29 is 307 Å². The second kappa shape index (κ2) is 29.8. The van der Waals surface area contributed by atoms with Crippen LogP contribution in [0.4, 0.5) is 88.4 Å². The minimum absolute atomic E-state index is 0. The van der Waals surface area contributed by atoms with Crippen molar-refractivity contribution >= 4 is 23.9 Å². The van der Waals surface area contributed by atoms with Crippen LogP contribution in [0, 0.1) is 0 Å². The molecule has 20 nitrogen and oxygen atoms in total. The SMILES string of the molecule is O=C([O-])C1(F)C=C(O)C(O)(F)C(F)(OF)C1(F)c1ccccc1.O=C([O-])C1(F)C=C(O)C(O)(F)C(F)(OF)C1(F)c1ccccc1.O=C([O-])C1(F)C=C(O)C(O)(F)C(F)(OF)C1(F)c1ccccc1.O=C([O-])C1(F)C=C(O)C(O)(F)C(F)(OF)C1(F)c1ccccc1.[Na+].[Na+].[Na+].[Na+]. The summed E-state index contributed by atoms with van der Waals surface area (Å²) in [4.78, 5) is 53.9. The van der Waals surface area contributed by atoms with Crippen molar-refractivity contribution in [3.8, 4) is 0 Å². The first-order chi connectivity index (χ1) is 41.9. The Hall–Kier alpha value is -4.80. The van der Waals surface area contributed by atoms with Crippen LogP contribution in [0.15, 0.2) is 169 Å². The van der Waals surface area contributed by atoms with Crippen molar-refractivity contribution in [2.45, 2.75) is 92.2 Å². The maximum Gasteiger partial charge on any atom is 1.00 e. The van der Waals surface area contributed by atoms with E-state index in [1.54, 1.807) is 0 Å². The predicted octanol–water partition coefficient (Wildman–Crippen LogP) is -8.02. The summed E-state index contributed by atoms with van der Waals surface area (Å²) >= 11 is 0. The first-order valence-corrected chi connectivity index (χ1v) is 23.8. The molecule has 4 aliphatic carbocycles. The second-order valence-corrected chi connectivity index (χ2v) is 19.4. The Kier molecular flexibility index (Phi) is 27.7. The largest absolute Gasteiger partial charge is 1.00 e. The van der Waals surface area contributed by atoms with E-state index in [9.17, 15) is 131 Å². The molecule has 16 unspecified atom stereocenters. The number of rotatable bonds is 12. The zero-order valence-electron chi connectivity index (χ0n) is 47.9. The Labute approximate surface area is 608 Å². The second-order valence-electron chi connectivity index (χ2n) is 19.4. The average Bonchev–Trinajstić information content (AvgIpc) is 0.711. The molecule has 0 amide bonds. The fourth-order valence-corrected chi connectivity index (χ4v) is 9.51. The van der Waals surface area contributed by atoms with E-state index in [-0.39, 0.29) is 118 Å². The first-order valence-electron chi connectivity index (χ1n) is 23.8. The minimum Gasteiger partial charge on any atom is -0.546 e. The Morgan fingerprint density at radius 3 is 0.510 bits per heavy atom. The van der Waals surface area contributed by atoms with Crippen LogP contribution in [-0.2, 0) is 61.6 Å². The number of carboxylic acid groups (broad SMARTS) is 4. The van der Waals surface area contributed by atoms with E-state index in [2.05, 4.69) is 19.8 Å². The van der Waals surface area contributed by atoms with Crippen molar-refractivity contribution in [2.24, 2.45) is 0 Å². The summed E-state index contributed by atoms with van der Waals surface area (Å²) in [5.41, 5.74) is -42.5. The third-order valence-corrected chi connectivity index (χ3v) is 14.5. The summed E-state index contributed by atoms with van der Waals surface area (Å²) in [6.07, 6.45) is -2.64. The predicted molar refractivity (Wildman–Crippen MR) is 244 cm³/mol. The fraction of sp³-hybridized carbons (Fsp3) is 0.308. The summed E-state index contributed by atoms with van der Waals surface area (Å²) in [7, 11) is 0. The van der Waals surface area contributed by atoms with Crippen molar-refractivity contribution in [2.75, 3.05) is 0 Å². The Bertz CT molecular complexity index is 3150. The molecule has 504 valence electrons. The standard InChI is InChI=1S/4C13H9F5O5.4Na/c4*14-10(9(20)21)6-8(19)12(16,22)13(17,23-18)11(10,15)7-4-2-1-3-5-7;;;;/h4*1-6,19,22H,(H,20,21);;;;/q;;;;4*+1/p-4. The third-order valence-electron chi connectivity index (χ3n) is 14.5. The monoisotopic (exact) mass is 1450 g/mol. The van der Waals surface area contributed by atoms with Crippen LogP contribution in [0.1, 0.15) is 22.3 Å². The van der Waals surface area contributed by atoms with Crippen molar-refractivity contribution in [1.82, 2.24) is 0 Å². The van der Waals surface area contributed by atoms with E-state index in [1.807, 2.05) is 0 Å². The number of aliphatic carboxylic acids is 4. The zero-order valence-corrected chi connectivity index (χ0v) is 55.9. The van der Waals surface area contributed by atoms with Gasteiger partial charge in [-0.05, 0) is 40.4 Å². The van der Waals surface area contributed by atoms with Crippen molar-refractivity contribution in [1.29, 1.82) is 0 Å². The first kappa shape index (κ1) is 89.2. The zero-order chi connectivity index (χ0) is 70.7. The van der Waals surface area contributed by atoms with E-state index >= 15 is 17.6 Å². The summed E-state index contributed by atoms with van der Waals surface area (Å²) in [5.74, 6) is -62.1. The number of alkyl halides is 16. The van der Waals surface area contributed by atoms with Gasteiger partial charge in [-0.2, -0.15) is 35.1 Å². The molecule has 0 bridgehead atoms. The molecule has 0 aliphatic heterocycles. The number of halogens is 20. The molecular formula is C52H32F20Na4O20. The van der Waals surface area contributed by atoms with Gasteiger partial charge in [-0.25, -0.2) is 35.1 Å². The van der Waals surface area contributed by atoms with Crippen LogP contribution < -0.4 is 139 Å². The molecule has 0 aromatic heterocycles. The molecule has 0 heterocycles. The number of benzene rings is 4. The summed E-state index contributed by atoms with van der Waals surface area (Å²) < 4.78 is 285. The molecule has 4 aliphatic rings. The molecular weight excluding hydrogens is 1420 g/mol. The molecule has 96 heavy (non-hydrogen) atoms. The molecule has 8 N–H and O–H groups in total. The van der Waals surface area contributed by atoms with Crippen LogP contribution in [0.5, 0.6) is 0 Å². The maximum atomic E-state index is 15.2. The molecule has 0 spiro atoms. The molecule has 0 radical (unpaired) electrons. The van der Waals surface area contributed by atoms with Crippen molar-refractivity contribution in [3.63, 3.8) is 0 Å². The number of carbonyl (C=O) groups is 4. The van der Waals surface area contributed by atoms with Crippen LogP contribution >= 0.6 is 0 Å². The van der Waals surface area contributed by atoms with Gasteiger partial charge in [-0.15, -0.1) is 19.8 Å². The Balaban J connectivity index is 0.000000631. The maximum absolute atomic E-state index is 15.2. The van der Waals surface area contributed by atoms with E-state index in [1.165, 1.54) is 24.3 Å². The Morgan fingerprint density at radius 1 is 0.281 bits per heavy atom. The topological polar surface area (TPSA) is 359 Å². The molecule has 0 fully saturated rings. The molecule has 0 saturated carbocycles. The van der Waals surface area contributed by atoms with Gasteiger partial charge >= 0.3 is 165 Å². The minimum atomic E-state index is -5.30. The van der Waals surface area contributed by atoms with Gasteiger partial charge < -0.3 is 80.5 Å². The van der Waals surface area contributed by atoms with E-state index in [0.717, 1.165) is 48.5 Å². The van der Waals surface area contributed by atoms with Gasteiger partial charge in [-0.3, -0.25) is 0 Å². The molecule has 4 aromatic carbocycles. The van der Waals surface area contributed by atoms with Gasteiger partial charge in [-0.1, -0.05) is 121 Å². The van der Waals surface area contributed by atoms with Gasteiger partial charge in [0.2, 0.25) is 45.4 Å². The van der Waals surface area contributed by atoms with Gasteiger partial charge in [0.15, 0.2) is 23.0 Å². The van der Waals surface area contributed by atoms with E-state index in [4.69, 9.17) is 20.4 Å². The van der Waals surface area contributed by atoms with E-state index in [0.29, 0.717) is 48.5 Å². The number of carboxylic acids is 4. The molecule has 0 saturated heterocycles. The normalized spacial score (nSPS) is 38.8. The third kappa shape index (κ3) is 12.1. The number of carbonyl (C=O) groups excluding carboxylic acids is 4. The average molecular weight is 1450 g/mol. The number of aliphatic hydroxyl groups excluding tert-OH is 4. The number of hydrogen-bond acceptors (Lipinski definition) is 20. The molecule has 16 atom stereocenters. The summed E-state index contributed by atoms with van der Waals surface area (Å²) in [6, 6.07) is 17.4. The molecule has 44 heteroatoms. The molecule has 8 rings (SSSR count). The van der Waals surface area contributed by atoms with Gasteiger partial charge in [0.1, 0.15) is 0 Å². The van der Waals surface area contributed by atoms with Gasteiger partial charge in [0.05, 0.1) is 23.9 Å². The summed E-state index contributed by atoms with van der Waals surface area (Å²) in [5, 5.41) is 117. The Morgan fingerprint density at radius 2 is 0.406 bits per heavy atom.